The van der Waals surface area contributed by atoms with E-state index in [0.29, 0.717) is 5.95 Å². The first kappa shape index (κ1) is 9.58. The van der Waals surface area contributed by atoms with Gasteiger partial charge in [0.2, 0.25) is 5.95 Å². The minimum absolute atomic E-state index is 0.668. The molecule has 0 aliphatic heterocycles. The Morgan fingerprint density at radius 3 is 2.67 bits per heavy atom. The summed E-state index contributed by atoms with van der Waals surface area (Å²) in [6.07, 6.45) is 8.01. The van der Waals surface area contributed by atoms with Gasteiger partial charge in [0.25, 0.3) is 0 Å². The third kappa shape index (κ3) is 3.02. The zero-order valence-electron chi connectivity index (χ0n) is 8.30. The van der Waals surface area contributed by atoms with Gasteiger partial charge in [-0.25, -0.2) is 9.97 Å². The highest BCUT2D eigenvalue weighted by atomic mass is 15.1. The van der Waals surface area contributed by atoms with Crippen molar-refractivity contribution in [3.63, 3.8) is 0 Å². The summed E-state index contributed by atoms with van der Waals surface area (Å²) in [5.41, 5.74) is 1.21. The fraction of sp³-hybridized carbons (Fsp3) is 0.182. The van der Waals surface area contributed by atoms with Crippen molar-refractivity contribution in [2.75, 3.05) is 11.9 Å². The van der Waals surface area contributed by atoms with Crippen LogP contribution >= 0.6 is 0 Å². The monoisotopic (exact) mass is 200 g/mol. The van der Waals surface area contributed by atoms with Crippen molar-refractivity contribution in [1.29, 1.82) is 0 Å². The quantitative estimate of drug-likeness (QED) is 0.813. The average molecular weight is 200 g/mol. The van der Waals surface area contributed by atoms with E-state index in [0.717, 1.165) is 13.0 Å². The second-order valence-corrected chi connectivity index (χ2v) is 3.11. The second-order valence-electron chi connectivity index (χ2n) is 3.11. The van der Waals surface area contributed by atoms with Gasteiger partial charge >= 0.3 is 0 Å². The van der Waals surface area contributed by atoms with Crippen molar-refractivity contribution < 1.29 is 0 Å². The van der Waals surface area contributed by atoms with Crippen LogP contribution in [0.4, 0.5) is 5.95 Å². The summed E-state index contributed by atoms with van der Waals surface area (Å²) in [6, 6.07) is 5.79. The van der Waals surface area contributed by atoms with E-state index < -0.39 is 0 Å². The molecule has 76 valence electrons. The highest BCUT2D eigenvalue weighted by Crippen LogP contribution is 1.98. The molecule has 2 rings (SSSR count). The molecule has 0 spiro atoms. The smallest absolute Gasteiger partial charge is 0.222 e. The fourth-order valence-corrected chi connectivity index (χ4v) is 1.26. The Kier molecular flexibility index (Phi) is 3.22. The predicted octanol–water partition coefficient (Wildman–Crippen LogP) is 1.53. The molecule has 2 aromatic rings. The zero-order chi connectivity index (χ0) is 10.3. The van der Waals surface area contributed by atoms with Crippen LogP contribution in [0.25, 0.3) is 0 Å². The summed E-state index contributed by atoms with van der Waals surface area (Å²) in [5, 5.41) is 3.14. The summed E-state index contributed by atoms with van der Waals surface area (Å²) in [4.78, 5) is 12.2. The Morgan fingerprint density at radius 2 is 1.93 bits per heavy atom. The van der Waals surface area contributed by atoms with Gasteiger partial charge in [-0.2, -0.15) is 0 Å². The Hall–Kier alpha value is -1.97. The van der Waals surface area contributed by atoms with E-state index in [2.05, 4.69) is 26.3 Å². The molecule has 4 heteroatoms. The topological polar surface area (TPSA) is 50.7 Å². The van der Waals surface area contributed by atoms with E-state index in [-0.39, 0.29) is 0 Å². The molecule has 15 heavy (non-hydrogen) atoms. The normalized spacial score (nSPS) is 9.87. The minimum Gasteiger partial charge on any atom is -0.354 e. The van der Waals surface area contributed by atoms with Crippen LogP contribution in [-0.2, 0) is 6.42 Å². The molecule has 0 bridgehead atoms. The molecule has 0 saturated carbocycles. The van der Waals surface area contributed by atoms with Crippen LogP contribution in [0.1, 0.15) is 5.56 Å². The molecule has 0 aliphatic carbocycles. The Morgan fingerprint density at radius 1 is 1.07 bits per heavy atom. The van der Waals surface area contributed by atoms with Crippen molar-refractivity contribution in [1.82, 2.24) is 15.0 Å². The first-order valence-electron chi connectivity index (χ1n) is 4.85. The van der Waals surface area contributed by atoms with Gasteiger partial charge in [-0.1, -0.05) is 6.07 Å². The number of nitrogens with one attached hydrogen (secondary N) is 1. The molecule has 1 N–H and O–H groups in total. The lowest BCUT2D eigenvalue weighted by Gasteiger charge is -2.03. The molecule has 2 aromatic heterocycles. The number of pyridine rings is 1. The van der Waals surface area contributed by atoms with Crippen LogP contribution in [0.5, 0.6) is 0 Å². The average Bonchev–Trinajstić information content (AvgIpc) is 2.32. The summed E-state index contributed by atoms with van der Waals surface area (Å²) < 4.78 is 0. The van der Waals surface area contributed by atoms with E-state index in [9.17, 15) is 0 Å². The number of hydrogen-bond donors (Lipinski definition) is 1. The largest absolute Gasteiger partial charge is 0.354 e. The van der Waals surface area contributed by atoms with Gasteiger partial charge in [-0.05, 0) is 24.1 Å². The van der Waals surface area contributed by atoms with Gasteiger partial charge < -0.3 is 5.32 Å². The molecule has 2 heterocycles. The van der Waals surface area contributed by atoms with E-state index in [1.165, 1.54) is 5.56 Å². The number of nitrogens with zero attached hydrogens (tertiary/aromatic N) is 3. The maximum absolute atomic E-state index is 4.07. The van der Waals surface area contributed by atoms with Crippen LogP contribution < -0.4 is 5.32 Å². The van der Waals surface area contributed by atoms with Crippen molar-refractivity contribution >= 4 is 5.95 Å². The van der Waals surface area contributed by atoms with Gasteiger partial charge in [0, 0.05) is 31.3 Å². The molecular formula is C11H12N4. The van der Waals surface area contributed by atoms with Gasteiger partial charge in [0.15, 0.2) is 0 Å². The molecule has 0 aliphatic rings. The van der Waals surface area contributed by atoms with Crippen LogP contribution in [-0.4, -0.2) is 21.5 Å². The molecule has 0 saturated heterocycles. The molecule has 0 atom stereocenters. The third-order valence-electron chi connectivity index (χ3n) is 1.99. The first-order valence-corrected chi connectivity index (χ1v) is 4.85. The predicted molar refractivity (Wildman–Crippen MR) is 58.5 cm³/mol. The standard InChI is InChI=1S/C11H12N4/c1-3-10(9-12-5-1)4-8-15-11-13-6-2-7-14-11/h1-3,5-7,9H,4,8H2,(H,13,14,15). The van der Waals surface area contributed by atoms with Crippen LogP contribution in [0.15, 0.2) is 43.0 Å². The maximum Gasteiger partial charge on any atom is 0.222 e. The van der Waals surface area contributed by atoms with E-state index in [4.69, 9.17) is 0 Å². The molecule has 0 amide bonds. The van der Waals surface area contributed by atoms with Gasteiger partial charge in [-0.15, -0.1) is 0 Å². The molecule has 0 fully saturated rings. The summed E-state index contributed by atoms with van der Waals surface area (Å²) >= 11 is 0. The summed E-state index contributed by atoms with van der Waals surface area (Å²) in [5.74, 6) is 0.668. The van der Waals surface area contributed by atoms with Gasteiger partial charge in [0.05, 0.1) is 0 Å². The highest BCUT2D eigenvalue weighted by molar-refractivity contribution is 5.22. The van der Waals surface area contributed by atoms with Crippen LogP contribution in [0, 0.1) is 0 Å². The SMILES string of the molecule is c1cnc(NCCc2cccnc2)nc1. The zero-order valence-corrected chi connectivity index (χ0v) is 8.30. The lowest BCUT2D eigenvalue weighted by Crippen LogP contribution is -2.07. The summed E-state index contributed by atoms with van der Waals surface area (Å²) in [7, 11) is 0. The van der Waals surface area contributed by atoms with Crippen LogP contribution in [0.2, 0.25) is 0 Å². The number of anilines is 1. The molecular weight excluding hydrogens is 188 g/mol. The lowest BCUT2D eigenvalue weighted by atomic mass is 10.2. The van der Waals surface area contributed by atoms with E-state index in [1.54, 1.807) is 24.7 Å². The molecule has 4 nitrogen and oxygen atoms in total. The third-order valence-corrected chi connectivity index (χ3v) is 1.99. The number of hydrogen-bond acceptors (Lipinski definition) is 4. The fourth-order valence-electron chi connectivity index (χ4n) is 1.26. The van der Waals surface area contributed by atoms with Crippen molar-refractivity contribution in [2.45, 2.75) is 6.42 Å². The molecule has 0 unspecified atom stereocenters. The minimum atomic E-state index is 0.668. The molecule has 0 aromatic carbocycles. The van der Waals surface area contributed by atoms with Crippen molar-refractivity contribution in [2.24, 2.45) is 0 Å². The van der Waals surface area contributed by atoms with Gasteiger partial charge in [0.1, 0.15) is 0 Å². The second kappa shape index (κ2) is 5.05. The van der Waals surface area contributed by atoms with Crippen molar-refractivity contribution in [3.8, 4) is 0 Å². The van der Waals surface area contributed by atoms with Gasteiger partial charge in [-0.3, -0.25) is 4.98 Å². The van der Waals surface area contributed by atoms with E-state index in [1.807, 2.05) is 12.3 Å². The lowest BCUT2D eigenvalue weighted by molar-refractivity contribution is 0.974. The molecule has 0 radical (unpaired) electrons. The van der Waals surface area contributed by atoms with Crippen molar-refractivity contribution in [3.05, 3.63) is 48.5 Å². The number of rotatable bonds is 4. The maximum atomic E-state index is 4.07. The Bertz CT molecular complexity index is 348. The Labute approximate surface area is 88.4 Å². The van der Waals surface area contributed by atoms with Crippen LogP contribution in [0.3, 0.4) is 0 Å². The number of aromatic nitrogens is 3. The highest BCUT2D eigenvalue weighted by Gasteiger charge is 1.94. The Balaban J connectivity index is 1.81. The van der Waals surface area contributed by atoms with E-state index >= 15 is 0 Å². The first-order chi connectivity index (χ1) is 7.45. The summed E-state index contributed by atoms with van der Waals surface area (Å²) in [6.45, 7) is 0.815.